The summed E-state index contributed by atoms with van der Waals surface area (Å²) >= 11 is 1.50. The van der Waals surface area contributed by atoms with E-state index in [0.717, 1.165) is 21.3 Å². The molecule has 1 aliphatic rings. The summed E-state index contributed by atoms with van der Waals surface area (Å²) in [5.41, 5.74) is 0. The second-order valence-electron chi connectivity index (χ2n) is 5.49. The second kappa shape index (κ2) is 6.98. The summed E-state index contributed by atoms with van der Waals surface area (Å²) < 4.78 is 31.3. The van der Waals surface area contributed by atoms with Gasteiger partial charge >= 0.3 is 5.97 Å². The highest BCUT2D eigenvalue weighted by Crippen LogP contribution is 2.27. The van der Waals surface area contributed by atoms with Crippen molar-refractivity contribution >= 4 is 33.2 Å². The monoisotopic (exact) mass is 384 g/mol. The molecule has 0 aromatic carbocycles. The van der Waals surface area contributed by atoms with Crippen LogP contribution in [-0.4, -0.2) is 42.3 Å². The first-order valence-electron chi connectivity index (χ1n) is 7.54. The molecule has 8 nitrogen and oxygen atoms in total. The molecule has 0 saturated carbocycles. The van der Waals surface area contributed by atoms with Gasteiger partial charge in [0, 0.05) is 11.4 Å². The van der Waals surface area contributed by atoms with Gasteiger partial charge in [-0.1, -0.05) is 6.07 Å². The summed E-state index contributed by atoms with van der Waals surface area (Å²) in [4.78, 5) is 24.2. The highest BCUT2D eigenvalue weighted by Gasteiger charge is 2.41. The SMILES string of the molecule is O=C(O)c1ccc(S(=O)(=O)N2CCCC2C(=O)NCc2cccs2)o1. The van der Waals surface area contributed by atoms with Crippen LogP contribution < -0.4 is 5.32 Å². The number of thiophene rings is 1. The van der Waals surface area contributed by atoms with E-state index in [0.29, 0.717) is 19.4 Å². The zero-order chi connectivity index (χ0) is 18.0. The average molecular weight is 384 g/mol. The van der Waals surface area contributed by atoms with Gasteiger partial charge in [-0.3, -0.25) is 4.79 Å². The van der Waals surface area contributed by atoms with Crippen LogP contribution in [0, 0.1) is 0 Å². The Hall–Kier alpha value is -2.17. The fourth-order valence-corrected chi connectivity index (χ4v) is 4.90. The van der Waals surface area contributed by atoms with E-state index in [1.54, 1.807) is 0 Å². The Morgan fingerprint density at radius 2 is 2.16 bits per heavy atom. The van der Waals surface area contributed by atoms with Crippen molar-refractivity contribution in [3.8, 4) is 0 Å². The smallest absolute Gasteiger partial charge is 0.371 e. The number of carbonyl (C=O) groups is 2. The average Bonchev–Trinajstić information content (AvgIpc) is 3.33. The molecule has 1 atom stereocenters. The van der Waals surface area contributed by atoms with Gasteiger partial charge in [-0.15, -0.1) is 11.3 Å². The van der Waals surface area contributed by atoms with Gasteiger partial charge in [0.25, 0.3) is 10.0 Å². The summed E-state index contributed by atoms with van der Waals surface area (Å²) in [7, 11) is -4.07. The van der Waals surface area contributed by atoms with E-state index in [1.165, 1.54) is 11.3 Å². The molecule has 0 aliphatic carbocycles. The number of hydrogen-bond donors (Lipinski definition) is 2. The van der Waals surface area contributed by atoms with Crippen LogP contribution in [0.15, 0.2) is 39.2 Å². The fraction of sp³-hybridized carbons (Fsp3) is 0.333. The lowest BCUT2D eigenvalue weighted by Gasteiger charge is -2.22. The summed E-state index contributed by atoms with van der Waals surface area (Å²) in [5.74, 6) is -2.19. The maximum atomic E-state index is 12.7. The molecule has 10 heteroatoms. The zero-order valence-electron chi connectivity index (χ0n) is 13.0. The number of amides is 1. The molecule has 1 fully saturated rings. The number of aromatic carboxylic acids is 1. The molecular weight excluding hydrogens is 368 g/mol. The predicted octanol–water partition coefficient (Wildman–Crippen LogP) is 1.51. The maximum absolute atomic E-state index is 12.7. The van der Waals surface area contributed by atoms with Crippen LogP contribution in [0.25, 0.3) is 0 Å². The van der Waals surface area contributed by atoms with Crippen molar-refractivity contribution in [2.45, 2.75) is 30.5 Å². The Bertz CT molecular complexity index is 872. The molecule has 3 heterocycles. The van der Waals surface area contributed by atoms with Crippen LogP contribution in [0.4, 0.5) is 0 Å². The van der Waals surface area contributed by atoms with Crippen molar-refractivity contribution in [3.63, 3.8) is 0 Å². The van der Waals surface area contributed by atoms with Crippen molar-refractivity contribution < 1.29 is 27.5 Å². The molecule has 1 saturated heterocycles. The van der Waals surface area contributed by atoms with Crippen molar-refractivity contribution in [3.05, 3.63) is 40.3 Å². The molecular formula is C15H16N2O6S2. The lowest BCUT2D eigenvalue weighted by atomic mass is 10.2. The summed E-state index contributed by atoms with van der Waals surface area (Å²) in [5, 5.41) is 13.0. The number of furan rings is 1. The lowest BCUT2D eigenvalue weighted by molar-refractivity contribution is -0.124. The van der Waals surface area contributed by atoms with E-state index in [-0.39, 0.29) is 12.5 Å². The Balaban J connectivity index is 1.75. The predicted molar refractivity (Wildman–Crippen MR) is 88.7 cm³/mol. The molecule has 0 spiro atoms. The van der Waals surface area contributed by atoms with Gasteiger partial charge in [0.2, 0.25) is 16.8 Å². The number of carbonyl (C=O) groups excluding carboxylic acids is 1. The van der Waals surface area contributed by atoms with Gasteiger partial charge in [-0.25, -0.2) is 13.2 Å². The Morgan fingerprint density at radius 1 is 1.36 bits per heavy atom. The van der Waals surface area contributed by atoms with E-state index in [4.69, 9.17) is 9.52 Å². The molecule has 1 unspecified atom stereocenters. The fourth-order valence-electron chi connectivity index (χ4n) is 2.68. The van der Waals surface area contributed by atoms with E-state index < -0.39 is 32.9 Å². The number of carboxylic acid groups (broad SMARTS) is 1. The van der Waals surface area contributed by atoms with Crippen LogP contribution in [0.2, 0.25) is 0 Å². The topological polar surface area (TPSA) is 117 Å². The van der Waals surface area contributed by atoms with Crippen LogP contribution in [0.1, 0.15) is 28.3 Å². The minimum Gasteiger partial charge on any atom is -0.475 e. The third-order valence-electron chi connectivity index (χ3n) is 3.88. The molecule has 1 amide bonds. The number of sulfonamides is 1. The van der Waals surface area contributed by atoms with E-state index >= 15 is 0 Å². The number of carboxylic acids is 1. The van der Waals surface area contributed by atoms with Crippen LogP contribution in [0.5, 0.6) is 0 Å². The molecule has 0 radical (unpaired) electrons. The molecule has 2 N–H and O–H groups in total. The van der Waals surface area contributed by atoms with E-state index in [2.05, 4.69) is 5.32 Å². The second-order valence-corrected chi connectivity index (χ2v) is 8.35. The molecule has 2 aromatic rings. The van der Waals surface area contributed by atoms with Gasteiger partial charge in [0.05, 0.1) is 6.54 Å². The van der Waals surface area contributed by atoms with Crippen molar-refractivity contribution in [1.29, 1.82) is 0 Å². The number of rotatable bonds is 6. The molecule has 2 aromatic heterocycles. The first-order valence-corrected chi connectivity index (χ1v) is 9.86. The van der Waals surface area contributed by atoms with E-state index in [1.807, 2.05) is 17.5 Å². The summed E-state index contributed by atoms with van der Waals surface area (Å²) in [6, 6.07) is 5.10. The molecule has 1 aliphatic heterocycles. The third kappa shape index (κ3) is 3.60. The molecule has 0 bridgehead atoms. The van der Waals surface area contributed by atoms with Gasteiger partial charge < -0.3 is 14.8 Å². The molecule has 134 valence electrons. The normalized spacial score (nSPS) is 18.3. The number of nitrogens with one attached hydrogen (secondary N) is 1. The Morgan fingerprint density at radius 3 is 2.80 bits per heavy atom. The van der Waals surface area contributed by atoms with Gasteiger partial charge in [-0.05, 0) is 36.4 Å². The Kier molecular flexibility index (Phi) is 4.93. The highest BCUT2D eigenvalue weighted by molar-refractivity contribution is 7.89. The quantitative estimate of drug-likeness (QED) is 0.780. The number of nitrogens with zero attached hydrogens (tertiary/aromatic N) is 1. The maximum Gasteiger partial charge on any atom is 0.371 e. The van der Waals surface area contributed by atoms with Crippen molar-refractivity contribution in [1.82, 2.24) is 9.62 Å². The molecule has 25 heavy (non-hydrogen) atoms. The van der Waals surface area contributed by atoms with Crippen molar-refractivity contribution in [2.24, 2.45) is 0 Å². The van der Waals surface area contributed by atoms with Crippen molar-refractivity contribution in [2.75, 3.05) is 6.54 Å². The van der Waals surface area contributed by atoms with Crippen LogP contribution in [0.3, 0.4) is 0 Å². The third-order valence-corrected chi connectivity index (χ3v) is 6.54. The zero-order valence-corrected chi connectivity index (χ0v) is 14.7. The summed E-state index contributed by atoms with van der Waals surface area (Å²) in [6.07, 6.45) is 0.949. The Labute approximate surface area is 148 Å². The van der Waals surface area contributed by atoms with Crippen LogP contribution >= 0.6 is 11.3 Å². The standard InChI is InChI=1S/C15H16N2O6S2/c18-14(16-9-10-3-2-8-24-10)11-4-1-7-17(11)25(21,22)13-6-5-12(23-13)15(19)20/h2-3,5-6,8,11H,1,4,7,9H2,(H,16,18)(H,19,20). The first-order chi connectivity index (χ1) is 11.9. The minimum absolute atomic E-state index is 0.183. The molecule has 3 rings (SSSR count). The van der Waals surface area contributed by atoms with Gasteiger partial charge in [0.1, 0.15) is 6.04 Å². The minimum atomic E-state index is -4.07. The number of hydrogen-bond acceptors (Lipinski definition) is 6. The van der Waals surface area contributed by atoms with Crippen LogP contribution in [-0.2, 0) is 21.4 Å². The first kappa shape index (κ1) is 17.6. The highest BCUT2D eigenvalue weighted by atomic mass is 32.2. The lowest BCUT2D eigenvalue weighted by Crippen LogP contribution is -2.45. The van der Waals surface area contributed by atoms with E-state index in [9.17, 15) is 18.0 Å². The summed E-state index contributed by atoms with van der Waals surface area (Å²) in [6.45, 7) is 0.521. The van der Waals surface area contributed by atoms with Gasteiger partial charge in [0.15, 0.2) is 0 Å². The van der Waals surface area contributed by atoms with Gasteiger partial charge in [-0.2, -0.15) is 4.31 Å². The largest absolute Gasteiger partial charge is 0.475 e.